The van der Waals surface area contributed by atoms with Crippen LogP contribution in [0.1, 0.15) is 49.4 Å². The molecule has 0 saturated carbocycles. The van der Waals surface area contributed by atoms with Gasteiger partial charge in [-0.3, -0.25) is 10.2 Å². The van der Waals surface area contributed by atoms with Crippen LogP contribution >= 0.6 is 0 Å². The van der Waals surface area contributed by atoms with Gasteiger partial charge in [0, 0.05) is 22.0 Å². The Morgan fingerprint density at radius 2 is 1.76 bits per heavy atom. The van der Waals surface area contributed by atoms with Crippen molar-refractivity contribution in [2.75, 3.05) is 0 Å². The van der Waals surface area contributed by atoms with E-state index in [-0.39, 0.29) is 0 Å². The van der Waals surface area contributed by atoms with Gasteiger partial charge in [-0.2, -0.15) is 10.2 Å². The van der Waals surface area contributed by atoms with E-state index in [4.69, 9.17) is 4.98 Å². The quantitative estimate of drug-likeness (QED) is 0.568. The Hall–Kier alpha value is -2.69. The zero-order valence-corrected chi connectivity index (χ0v) is 14.6. The second-order valence-electron chi connectivity index (χ2n) is 7.27. The van der Waals surface area contributed by atoms with Crippen LogP contribution in [0.3, 0.4) is 0 Å². The molecular weight excluding hydrogens is 310 g/mol. The number of aromatic nitrogens is 5. The van der Waals surface area contributed by atoms with Crippen molar-refractivity contribution >= 4 is 21.8 Å². The number of benzene rings is 1. The van der Waals surface area contributed by atoms with E-state index < -0.39 is 0 Å². The summed E-state index contributed by atoms with van der Waals surface area (Å²) in [6, 6.07) is 4.19. The maximum absolute atomic E-state index is 5.10. The molecule has 0 unspecified atom stereocenters. The monoisotopic (exact) mass is 331 g/mol. The molecule has 0 aliphatic heterocycles. The minimum Gasteiger partial charge on any atom is -0.282 e. The number of nitrogens with zero attached hydrogens (tertiary/aromatic N) is 3. The fourth-order valence-electron chi connectivity index (χ4n) is 4.19. The first-order valence-electron chi connectivity index (χ1n) is 9.05. The van der Waals surface area contributed by atoms with Crippen molar-refractivity contribution in [1.82, 2.24) is 25.4 Å². The van der Waals surface area contributed by atoms with Gasteiger partial charge in [0.1, 0.15) is 0 Å². The standard InChI is InChI=1S/C20H21N5/c1-11(2)19-15(10-22-25-19)20-13-6-4-3-5-12(13)18-14-9-21-24-16(14)7-8-17(18)23-20/h7-11H,3-6H2,1-2H3,(H,21,24)(H,22,25). The van der Waals surface area contributed by atoms with Crippen molar-refractivity contribution in [1.29, 1.82) is 0 Å². The summed E-state index contributed by atoms with van der Waals surface area (Å²) in [7, 11) is 0. The molecule has 0 radical (unpaired) electrons. The number of hydrogen-bond donors (Lipinski definition) is 2. The Morgan fingerprint density at radius 1 is 0.960 bits per heavy atom. The Kier molecular flexibility index (Phi) is 3.17. The molecule has 1 aliphatic rings. The summed E-state index contributed by atoms with van der Waals surface area (Å²) < 4.78 is 0. The molecule has 2 N–H and O–H groups in total. The molecule has 3 aromatic heterocycles. The summed E-state index contributed by atoms with van der Waals surface area (Å²) in [5.74, 6) is 0.394. The summed E-state index contributed by atoms with van der Waals surface area (Å²) in [5.41, 5.74) is 8.43. The lowest BCUT2D eigenvalue weighted by Gasteiger charge is -2.22. The molecule has 4 aromatic rings. The molecule has 0 bridgehead atoms. The van der Waals surface area contributed by atoms with Gasteiger partial charge in [0.2, 0.25) is 0 Å². The van der Waals surface area contributed by atoms with E-state index in [0.29, 0.717) is 5.92 Å². The van der Waals surface area contributed by atoms with Gasteiger partial charge in [0.05, 0.1) is 29.1 Å². The molecule has 126 valence electrons. The van der Waals surface area contributed by atoms with Gasteiger partial charge in [-0.05, 0) is 54.9 Å². The van der Waals surface area contributed by atoms with Gasteiger partial charge in [0.15, 0.2) is 0 Å². The highest BCUT2D eigenvalue weighted by Gasteiger charge is 2.23. The van der Waals surface area contributed by atoms with Gasteiger partial charge >= 0.3 is 0 Å². The predicted molar refractivity (Wildman–Crippen MR) is 99.7 cm³/mol. The second-order valence-corrected chi connectivity index (χ2v) is 7.27. The number of nitrogens with one attached hydrogen (secondary N) is 2. The molecule has 3 heterocycles. The summed E-state index contributed by atoms with van der Waals surface area (Å²) in [6.45, 7) is 4.39. The lowest BCUT2D eigenvalue weighted by Crippen LogP contribution is -2.08. The van der Waals surface area contributed by atoms with Gasteiger partial charge < -0.3 is 0 Å². The normalized spacial score (nSPS) is 14.5. The Balaban J connectivity index is 1.89. The van der Waals surface area contributed by atoms with Crippen LogP contribution in [-0.2, 0) is 12.8 Å². The molecule has 5 rings (SSSR count). The smallest absolute Gasteiger partial charge is 0.0778 e. The van der Waals surface area contributed by atoms with Crippen LogP contribution in [0.4, 0.5) is 0 Å². The van der Waals surface area contributed by atoms with Crippen LogP contribution in [0.5, 0.6) is 0 Å². The molecule has 0 atom stereocenters. The van der Waals surface area contributed by atoms with E-state index in [1.165, 1.54) is 40.4 Å². The third kappa shape index (κ3) is 2.11. The van der Waals surface area contributed by atoms with E-state index in [9.17, 15) is 0 Å². The van der Waals surface area contributed by atoms with Gasteiger partial charge in [-0.25, -0.2) is 4.98 Å². The van der Waals surface area contributed by atoms with Crippen LogP contribution in [0.25, 0.3) is 33.1 Å². The number of rotatable bonds is 2. The molecule has 0 fully saturated rings. The highest BCUT2D eigenvalue weighted by Crippen LogP contribution is 2.39. The van der Waals surface area contributed by atoms with E-state index in [2.05, 4.69) is 46.4 Å². The zero-order chi connectivity index (χ0) is 17.0. The van der Waals surface area contributed by atoms with E-state index in [1.54, 1.807) is 0 Å². The maximum atomic E-state index is 5.10. The SMILES string of the molecule is CC(C)c1[nH]ncc1-c1nc2ccc3[nH]ncc3c2c2c1CCCC2. The average Bonchev–Trinajstić information content (AvgIpc) is 3.29. The van der Waals surface area contributed by atoms with Gasteiger partial charge in [0.25, 0.3) is 0 Å². The molecule has 1 aliphatic carbocycles. The lowest BCUT2D eigenvalue weighted by atomic mass is 9.85. The largest absolute Gasteiger partial charge is 0.282 e. The average molecular weight is 331 g/mol. The van der Waals surface area contributed by atoms with Crippen molar-refractivity contribution in [2.45, 2.75) is 45.4 Å². The molecule has 0 saturated heterocycles. The number of pyridine rings is 1. The van der Waals surface area contributed by atoms with Crippen molar-refractivity contribution in [3.8, 4) is 11.3 Å². The van der Waals surface area contributed by atoms with Crippen LogP contribution in [0.15, 0.2) is 24.5 Å². The topological polar surface area (TPSA) is 70.2 Å². The first-order valence-corrected chi connectivity index (χ1v) is 9.05. The Labute approximate surface area is 145 Å². The minimum absolute atomic E-state index is 0.394. The van der Waals surface area contributed by atoms with Gasteiger partial charge in [-0.15, -0.1) is 0 Å². The summed E-state index contributed by atoms with van der Waals surface area (Å²) >= 11 is 0. The van der Waals surface area contributed by atoms with E-state index >= 15 is 0 Å². The summed E-state index contributed by atoms with van der Waals surface area (Å²) in [4.78, 5) is 5.10. The van der Waals surface area contributed by atoms with Crippen molar-refractivity contribution in [3.63, 3.8) is 0 Å². The van der Waals surface area contributed by atoms with Crippen LogP contribution in [-0.4, -0.2) is 25.4 Å². The van der Waals surface area contributed by atoms with Crippen molar-refractivity contribution < 1.29 is 0 Å². The van der Waals surface area contributed by atoms with E-state index in [0.717, 1.165) is 35.1 Å². The van der Waals surface area contributed by atoms with E-state index in [1.807, 2.05) is 12.4 Å². The minimum atomic E-state index is 0.394. The fraction of sp³-hybridized carbons (Fsp3) is 0.350. The number of hydrogen-bond acceptors (Lipinski definition) is 3. The number of H-pyrrole nitrogens is 2. The van der Waals surface area contributed by atoms with Crippen LogP contribution < -0.4 is 0 Å². The highest BCUT2D eigenvalue weighted by molar-refractivity contribution is 6.07. The highest BCUT2D eigenvalue weighted by atomic mass is 15.1. The molecule has 1 aromatic carbocycles. The van der Waals surface area contributed by atoms with Crippen LogP contribution in [0.2, 0.25) is 0 Å². The number of aromatic amines is 2. The van der Waals surface area contributed by atoms with Crippen molar-refractivity contribution in [2.24, 2.45) is 0 Å². The molecule has 5 nitrogen and oxygen atoms in total. The first-order chi connectivity index (χ1) is 12.2. The summed E-state index contributed by atoms with van der Waals surface area (Å²) in [5, 5.41) is 17.3. The molecule has 25 heavy (non-hydrogen) atoms. The number of fused-ring (bicyclic) bond motifs is 5. The molecular formula is C20H21N5. The van der Waals surface area contributed by atoms with Crippen LogP contribution in [0, 0.1) is 0 Å². The molecule has 0 spiro atoms. The zero-order valence-electron chi connectivity index (χ0n) is 14.6. The Bertz CT molecular complexity index is 1090. The predicted octanol–water partition coefficient (Wildman–Crippen LogP) is 4.50. The molecule has 5 heteroatoms. The number of aryl methyl sites for hydroxylation is 1. The molecule has 0 amide bonds. The third-order valence-corrected chi connectivity index (χ3v) is 5.39. The lowest BCUT2D eigenvalue weighted by molar-refractivity contribution is 0.689. The first kappa shape index (κ1) is 14.6. The summed E-state index contributed by atoms with van der Waals surface area (Å²) in [6.07, 6.45) is 8.54. The fourth-order valence-corrected chi connectivity index (χ4v) is 4.19. The second kappa shape index (κ2) is 5.41. The Morgan fingerprint density at radius 3 is 2.60 bits per heavy atom. The van der Waals surface area contributed by atoms with Crippen molar-refractivity contribution in [3.05, 3.63) is 41.3 Å². The maximum Gasteiger partial charge on any atom is 0.0778 e. The van der Waals surface area contributed by atoms with Gasteiger partial charge in [-0.1, -0.05) is 13.8 Å². The third-order valence-electron chi connectivity index (χ3n) is 5.39.